The van der Waals surface area contributed by atoms with Crippen molar-refractivity contribution >= 4 is 0 Å². The van der Waals surface area contributed by atoms with Gasteiger partial charge in [0.1, 0.15) is 0 Å². The number of hydrogen-bond acceptors (Lipinski definition) is 1. The number of nitrogens with one attached hydrogen (secondary N) is 1. The van der Waals surface area contributed by atoms with Crippen molar-refractivity contribution in [1.29, 1.82) is 0 Å². The Morgan fingerprint density at radius 1 is 1.30 bits per heavy atom. The van der Waals surface area contributed by atoms with E-state index in [0.717, 1.165) is 24.9 Å². The van der Waals surface area contributed by atoms with Gasteiger partial charge < -0.3 is 9.88 Å². The number of halogens is 3. The summed E-state index contributed by atoms with van der Waals surface area (Å²) in [7, 11) is 0. The molecule has 1 N–H and O–H groups in total. The van der Waals surface area contributed by atoms with Crippen molar-refractivity contribution in [1.82, 2.24) is 9.88 Å². The van der Waals surface area contributed by atoms with E-state index in [1.165, 1.54) is 0 Å². The Kier molecular flexibility index (Phi) is 5.13. The average Bonchev–Trinajstić information content (AvgIpc) is 2.84. The van der Waals surface area contributed by atoms with Crippen LogP contribution in [-0.4, -0.2) is 16.8 Å². The first kappa shape index (κ1) is 15.4. The fourth-order valence-electron chi connectivity index (χ4n) is 3.01. The Morgan fingerprint density at radius 2 is 2.05 bits per heavy atom. The van der Waals surface area contributed by atoms with Gasteiger partial charge in [-0.15, -0.1) is 0 Å². The lowest BCUT2D eigenvalue weighted by molar-refractivity contribution is -0.189. The van der Waals surface area contributed by atoms with Crippen molar-refractivity contribution in [2.45, 2.75) is 64.3 Å². The van der Waals surface area contributed by atoms with Gasteiger partial charge in [-0.3, -0.25) is 0 Å². The largest absolute Gasteiger partial charge is 0.393 e. The van der Waals surface area contributed by atoms with Crippen molar-refractivity contribution in [2.24, 2.45) is 5.92 Å². The van der Waals surface area contributed by atoms with Gasteiger partial charge in [-0.25, -0.2) is 0 Å². The highest BCUT2D eigenvalue weighted by atomic mass is 19.4. The molecular formula is C15H23F3N2. The molecule has 0 bridgehead atoms. The molecule has 5 heteroatoms. The predicted molar refractivity (Wildman–Crippen MR) is 73.4 cm³/mol. The molecule has 1 aromatic heterocycles. The van der Waals surface area contributed by atoms with Crippen LogP contribution in [-0.2, 0) is 13.1 Å². The van der Waals surface area contributed by atoms with Gasteiger partial charge in [-0.1, -0.05) is 19.8 Å². The number of nitrogens with zero attached hydrogens (tertiary/aromatic N) is 1. The molecule has 1 aromatic rings. The molecule has 0 spiro atoms. The molecule has 0 amide bonds. The highest BCUT2D eigenvalue weighted by Gasteiger charge is 2.45. The number of aryl methyl sites for hydroxylation is 1. The maximum Gasteiger partial charge on any atom is 0.393 e. The van der Waals surface area contributed by atoms with E-state index in [4.69, 9.17) is 0 Å². The highest BCUT2D eigenvalue weighted by molar-refractivity contribution is 5.10. The van der Waals surface area contributed by atoms with Crippen LogP contribution in [0.25, 0.3) is 0 Å². The van der Waals surface area contributed by atoms with Crippen molar-refractivity contribution in [3.8, 4) is 0 Å². The lowest BCUT2D eigenvalue weighted by atomic mass is 9.84. The van der Waals surface area contributed by atoms with E-state index in [1.54, 1.807) is 0 Å². The minimum atomic E-state index is -4.08. The van der Waals surface area contributed by atoms with Crippen molar-refractivity contribution in [3.63, 3.8) is 0 Å². The third kappa shape index (κ3) is 4.01. The summed E-state index contributed by atoms with van der Waals surface area (Å²) in [5.74, 6) is -1.19. The highest BCUT2D eigenvalue weighted by Crippen LogP contribution is 2.37. The summed E-state index contributed by atoms with van der Waals surface area (Å²) in [5, 5.41) is 3.12. The van der Waals surface area contributed by atoms with Crippen LogP contribution in [0.3, 0.4) is 0 Å². The minimum Gasteiger partial charge on any atom is -0.354 e. The second-order valence-electron chi connectivity index (χ2n) is 5.68. The molecule has 2 atom stereocenters. The molecule has 0 saturated heterocycles. The van der Waals surface area contributed by atoms with E-state index in [9.17, 15) is 13.2 Å². The van der Waals surface area contributed by atoms with Gasteiger partial charge in [-0.05, 0) is 30.9 Å². The van der Waals surface area contributed by atoms with E-state index < -0.39 is 18.1 Å². The van der Waals surface area contributed by atoms with Gasteiger partial charge in [0.05, 0.1) is 5.92 Å². The molecule has 0 aromatic carbocycles. The fourth-order valence-corrected chi connectivity index (χ4v) is 3.01. The number of rotatable bonds is 5. The van der Waals surface area contributed by atoms with Gasteiger partial charge in [0.25, 0.3) is 0 Å². The van der Waals surface area contributed by atoms with Crippen LogP contribution >= 0.6 is 0 Å². The summed E-state index contributed by atoms with van der Waals surface area (Å²) in [5.41, 5.74) is 1.06. The minimum absolute atomic E-state index is 0.262. The summed E-state index contributed by atoms with van der Waals surface area (Å²) >= 11 is 0. The summed E-state index contributed by atoms with van der Waals surface area (Å²) in [6, 6.07) is 1.55. The Morgan fingerprint density at radius 3 is 2.75 bits per heavy atom. The van der Waals surface area contributed by atoms with Crippen molar-refractivity contribution < 1.29 is 13.2 Å². The lowest BCUT2D eigenvalue weighted by Gasteiger charge is -2.33. The number of aromatic nitrogens is 1. The quantitative estimate of drug-likeness (QED) is 0.863. The van der Waals surface area contributed by atoms with Gasteiger partial charge >= 0.3 is 6.18 Å². The summed E-state index contributed by atoms with van der Waals surface area (Å²) in [6.45, 7) is 3.58. The first-order valence-electron chi connectivity index (χ1n) is 7.45. The van der Waals surface area contributed by atoms with E-state index >= 15 is 0 Å². The molecule has 2 unspecified atom stereocenters. The van der Waals surface area contributed by atoms with E-state index in [0.29, 0.717) is 19.4 Å². The second kappa shape index (κ2) is 6.66. The molecule has 0 aliphatic heterocycles. The molecule has 1 fully saturated rings. The van der Waals surface area contributed by atoms with Gasteiger partial charge in [0.15, 0.2) is 0 Å². The molecule has 2 nitrogen and oxygen atoms in total. The van der Waals surface area contributed by atoms with E-state index in [2.05, 4.69) is 16.8 Å². The first-order chi connectivity index (χ1) is 9.50. The molecule has 1 saturated carbocycles. The van der Waals surface area contributed by atoms with Crippen molar-refractivity contribution in [2.75, 3.05) is 0 Å². The van der Waals surface area contributed by atoms with Crippen LogP contribution in [0.1, 0.15) is 44.6 Å². The van der Waals surface area contributed by atoms with Crippen LogP contribution < -0.4 is 5.32 Å². The Balaban J connectivity index is 1.90. The predicted octanol–water partition coefficient (Wildman–Crippen LogP) is 4.11. The Labute approximate surface area is 118 Å². The second-order valence-corrected chi connectivity index (χ2v) is 5.68. The first-order valence-corrected chi connectivity index (χ1v) is 7.45. The molecule has 2 rings (SSSR count). The van der Waals surface area contributed by atoms with Crippen LogP contribution in [0.5, 0.6) is 0 Å². The molecule has 20 heavy (non-hydrogen) atoms. The van der Waals surface area contributed by atoms with Crippen LogP contribution in [0.4, 0.5) is 13.2 Å². The zero-order valence-electron chi connectivity index (χ0n) is 11.9. The molecule has 114 valence electrons. The van der Waals surface area contributed by atoms with Crippen molar-refractivity contribution in [3.05, 3.63) is 24.0 Å². The maximum atomic E-state index is 13.0. The maximum absolute atomic E-state index is 13.0. The standard InChI is InChI=1S/C15H23F3N2/c1-2-8-20-9-7-12(11-20)10-19-14-6-4-3-5-13(14)15(16,17)18/h7,9,11,13-14,19H,2-6,8,10H2,1H3. The topological polar surface area (TPSA) is 17.0 Å². The zero-order chi connectivity index (χ0) is 14.6. The summed E-state index contributed by atoms with van der Waals surface area (Å²) < 4.78 is 41.0. The van der Waals surface area contributed by atoms with Crippen LogP contribution in [0.2, 0.25) is 0 Å². The SMILES string of the molecule is CCCn1ccc(CNC2CCCCC2C(F)(F)F)c1. The third-order valence-corrected chi connectivity index (χ3v) is 4.05. The van der Waals surface area contributed by atoms with Crippen LogP contribution in [0.15, 0.2) is 18.5 Å². The third-order valence-electron chi connectivity index (χ3n) is 4.05. The van der Waals surface area contributed by atoms with Gasteiger partial charge in [-0.2, -0.15) is 13.2 Å². The van der Waals surface area contributed by atoms with Gasteiger partial charge in [0.2, 0.25) is 0 Å². The Bertz CT molecular complexity index is 411. The molecule has 1 aliphatic rings. The zero-order valence-corrected chi connectivity index (χ0v) is 11.9. The normalized spacial score (nSPS) is 24.0. The molecule has 1 heterocycles. The van der Waals surface area contributed by atoms with E-state index in [-0.39, 0.29) is 6.42 Å². The molecule has 0 radical (unpaired) electrons. The lowest BCUT2D eigenvalue weighted by Crippen LogP contribution is -2.45. The Hall–Kier alpha value is -0.970. The number of alkyl halides is 3. The summed E-state index contributed by atoms with van der Waals surface area (Å²) in [4.78, 5) is 0. The van der Waals surface area contributed by atoms with Gasteiger partial charge in [0, 0.05) is 31.5 Å². The monoisotopic (exact) mass is 288 g/mol. The molecular weight excluding hydrogens is 265 g/mol. The van der Waals surface area contributed by atoms with Crippen LogP contribution in [0, 0.1) is 5.92 Å². The summed E-state index contributed by atoms with van der Waals surface area (Å²) in [6.07, 6.45) is 3.45. The fraction of sp³-hybridized carbons (Fsp3) is 0.733. The van der Waals surface area contributed by atoms with E-state index in [1.807, 2.05) is 18.5 Å². The average molecular weight is 288 g/mol. The smallest absolute Gasteiger partial charge is 0.354 e. The molecule has 1 aliphatic carbocycles. The number of hydrogen-bond donors (Lipinski definition) is 1.